The summed E-state index contributed by atoms with van der Waals surface area (Å²) in [5.41, 5.74) is 0.391. The van der Waals surface area contributed by atoms with Gasteiger partial charge in [-0.25, -0.2) is 19.6 Å². The van der Waals surface area contributed by atoms with Crippen molar-refractivity contribution in [2.75, 3.05) is 6.54 Å². The van der Waals surface area contributed by atoms with E-state index in [0.717, 1.165) is 12.1 Å². The van der Waals surface area contributed by atoms with Gasteiger partial charge < -0.3 is 14.8 Å². The Morgan fingerprint density at radius 2 is 1.81 bits per heavy atom. The third-order valence-corrected chi connectivity index (χ3v) is 4.18. The molecule has 0 spiro atoms. The molecular formula is C21H24F3N3O4. The fraction of sp³-hybridized carbons (Fsp3) is 0.429. The summed E-state index contributed by atoms with van der Waals surface area (Å²) in [5.74, 6) is -0.419. The minimum atomic E-state index is -4.41. The number of alkyl carbamates (subject to hydrolysis) is 1. The predicted molar refractivity (Wildman–Crippen MR) is 105 cm³/mol. The van der Waals surface area contributed by atoms with Gasteiger partial charge in [0.1, 0.15) is 5.82 Å². The van der Waals surface area contributed by atoms with E-state index in [0.29, 0.717) is 23.4 Å². The van der Waals surface area contributed by atoms with E-state index in [9.17, 15) is 22.8 Å². The SMILES string of the molecule is Cc1cc(C(F)(F)F)ccc1CCNC(=O)OC(Cc1ncccn1)C(=O)OC(C)C. The van der Waals surface area contributed by atoms with E-state index in [4.69, 9.17) is 9.47 Å². The van der Waals surface area contributed by atoms with Gasteiger partial charge in [-0.05, 0) is 56.5 Å². The molecular weight excluding hydrogens is 415 g/mol. The van der Waals surface area contributed by atoms with Crippen molar-refractivity contribution in [1.82, 2.24) is 15.3 Å². The zero-order chi connectivity index (χ0) is 23.0. The molecule has 0 aliphatic rings. The highest BCUT2D eigenvalue weighted by atomic mass is 19.4. The van der Waals surface area contributed by atoms with E-state index >= 15 is 0 Å². The Hall–Kier alpha value is -3.17. The maximum Gasteiger partial charge on any atom is 0.416 e. The van der Waals surface area contributed by atoms with Gasteiger partial charge in [0, 0.05) is 18.9 Å². The molecule has 10 heteroatoms. The van der Waals surface area contributed by atoms with E-state index in [1.165, 1.54) is 18.5 Å². The number of rotatable bonds is 8. The lowest BCUT2D eigenvalue weighted by molar-refractivity contribution is -0.157. The first-order valence-electron chi connectivity index (χ1n) is 9.64. The van der Waals surface area contributed by atoms with Crippen LogP contribution < -0.4 is 5.32 Å². The number of carbonyl (C=O) groups excluding carboxylic acids is 2. The van der Waals surface area contributed by atoms with Crippen molar-refractivity contribution in [3.63, 3.8) is 0 Å². The maximum atomic E-state index is 12.8. The molecule has 1 N–H and O–H groups in total. The van der Waals surface area contributed by atoms with Crippen LogP contribution >= 0.6 is 0 Å². The summed E-state index contributed by atoms with van der Waals surface area (Å²) in [4.78, 5) is 32.5. The molecule has 1 amide bonds. The minimum Gasteiger partial charge on any atom is -0.460 e. The summed E-state index contributed by atoms with van der Waals surface area (Å²) in [7, 11) is 0. The second kappa shape index (κ2) is 10.7. The van der Waals surface area contributed by atoms with Crippen molar-refractivity contribution in [2.24, 2.45) is 0 Å². The van der Waals surface area contributed by atoms with Gasteiger partial charge >= 0.3 is 18.2 Å². The first-order chi connectivity index (χ1) is 14.6. The van der Waals surface area contributed by atoms with Gasteiger partial charge in [-0.1, -0.05) is 6.07 Å². The molecule has 1 heterocycles. The molecule has 1 atom stereocenters. The van der Waals surface area contributed by atoms with Crippen LogP contribution in [0.25, 0.3) is 0 Å². The van der Waals surface area contributed by atoms with Gasteiger partial charge in [-0.3, -0.25) is 0 Å². The Balaban J connectivity index is 1.94. The third kappa shape index (κ3) is 7.88. The molecule has 2 rings (SSSR count). The Bertz CT molecular complexity index is 889. The van der Waals surface area contributed by atoms with Crippen molar-refractivity contribution >= 4 is 12.1 Å². The molecule has 168 valence electrons. The summed E-state index contributed by atoms with van der Waals surface area (Å²) >= 11 is 0. The molecule has 0 aliphatic heterocycles. The molecule has 7 nitrogen and oxygen atoms in total. The van der Waals surface area contributed by atoms with Crippen molar-refractivity contribution in [3.8, 4) is 0 Å². The average molecular weight is 439 g/mol. The summed E-state index contributed by atoms with van der Waals surface area (Å²) in [5, 5.41) is 2.50. The number of nitrogens with zero attached hydrogens (tertiary/aromatic N) is 2. The Morgan fingerprint density at radius 1 is 1.13 bits per heavy atom. The Morgan fingerprint density at radius 3 is 2.39 bits per heavy atom. The molecule has 1 aromatic heterocycles. The molecule has 0 saturated heterocycles. The first-order valence-corrected chi connectivity index (χ1v) is 9.64. The lowest BCUT2D eigenvalue weighted by Crippen LogP contribution is -2.37. The van der Waals surface area contributed by atoms with Gasteiger partial charge in [-0.15, -0.1) is 0 Å². The fourth-order valence-corrected chi connectivity index (χ4v) is 2.71. The number of amides is 1. The van der Waals surface area contributed by atoms with E-state index in [1.54, 1.807) is 26.8 Å². The van der Waals surface area contributed by atoms with Crippen LogP contribution in [0.4, 0.5) is 18.0 Å². The predicted octanol–water partition coefficient (Wildman–Crippen LogP) is 3.64. The molecule has 2 aromatic rings. The second-order valence-corrected chi connectivity index (χ2v) is 7.06. The number of carbonyl (C=O) groups is 2. The number of esters is 1. The Labute approximate surface area is 178 Å². The van der Waals surface area contributed by atoms with Gasteiger partial charge in [0.25, 0.3) is 0 Å². The third-order valence-electron chi connectivity index (χ3n) is 4.18. The van der Waals surface area contributed by atoms with Gasteiger partial charge in [-0.2, -0.15) is 13.2 Å². The topological polar surface area (TPSA) is 90.4 Å². The molecule has 1 aromatic carbocycles. The van der Waals surface area contributed by atoms with Crippen molar-refractivity contribution in [3.05, 3.63) is 59.2 Å². The second-order valence-electron chi connectivity index (χ2n) is 7.06. The Kier molecular flexibility index (Phi) is 8.35. The molecule has 0 bridgehead atoms. The van der Waals surface area contributed by atoms with Crippen LogP contribution in [0.2, 0.25) is 0 Å². The van der Waals surface area contributed by atoms with Crippen LogP contribution in [0.3, 0.4) is 0 Å². The van der Waals surface area contributed by atoms with E-state index in [2.05, 4.69) is 15.3 Å². The molecule has 0 saturated carbocycles. The van der Waals surface area contributed by atoms with Crippen molar-refractivity contribution < 1.29 is 32.2 Å². The number of benzene rings is 1. The van der Waals surface area contributed by atoms with E-state index in [1.807, 2.05) is 0 Å². The summed E-state index contributed by atoms with van der Waals surface area (Å²) < 4.78 is 48.6. The lowest BCUT2D eigenvalue weighted by Gasteiger charge is -2.18. The van der Waals surface area contributed by atoms with Crippen LogP contribution in [0.1, 0.15) is 36.4 Å². The number of hydrogen-bond acceptors (Lipinski definition) is 6. The van der Waals surface area contributed by atoms with Crippen molar-refractivity contribution in [2.45, 2.75) is 52.0 Å². The van der Waals surface area contributed by atoms with Crippen LogP contribution in [-0.4, -0.2) is 40.8 Å². The quantitative estimate of drug-likeness (QED) is 0.632. The highest BCUT2D eigenvalue weighted by molar-refractivity contribution is 5.79. The number of halogens is 3. The zero-order valence-electron chi connectivity index (χ0n) is 17.4. The summed E-state index contributed by atoms with van der Waals surface area (Å²) in [6, 6.07) is 5.05. The van der Waals surface area contributed by atoms with Crippen LogP contribution in [0, 0.1) is 6.92 Å². The lowest BCUT2D eigenvalue weighted by atomic mass is 10.0. The number of aryl methyl sites for hydroxylation is 1. The molecule has 0 fully saturated rings. The van der Waals surface area contributed by atoms with Crippen molar-refractivity contribution in [1.29, 1.82) is 0 Å². The normalized spacial score (nSPS) is 12.4. The van der Waals surface area contributed by atoms with Gasteiger partial charge in [0.15, 0.2) is 0 Å². The largest absolute Gasteiger partial charge is 0.460 e. The van der Waals surface area contributed by atoms with Gasteiger partial charge in [0.2, 0.25) is 6.10 Å². The number of alkyl halides is 3. The highest BCUT2D eigenvalue weighted by Gasteiger charge is 2.30. The average Bonchev–Trinajstić information content (AvgIpc) is 2.68. The minimum absolute atomic E-state index is 0.0577. The monoisotopic (exact) mass is 439 g/mol. The van der Waals surface area contributed by atoms with E-state index in [-0.39, 0.29) is 13.0 Å². The summed E-state index contributed by atoms with van der Waals surface area (Å²) in [6.45, 7) is 5.01. The van der Waals surface area contributed by atoms with Crippen LogP contribution in [0.15, 0.2) is 36.7 Å². The smallest absolute Gasteiger partial charge is 0.416 e. The van der Waals surface area contributed by atoms with Crippen LogP contribution in [-0.2, 0) is 33.3 Å². The first kappa shape index (κ1) is 24.1. The standard InChI is InChI=1S/C21H24F3N3O4/c1-13(2)30-19(28)17(12-18-25-8-4-9-26-18)31-20(29)27-10-7-15-5-6-16(11-14(15)3)21(22,23)24/h4-6,8-9,11,13,17H,7,10,12H2,1-3H3,(H,27,29). The molecule has 0 radical (unpaired) electrons. The summed E-state index contributed by atoms with van der Waals surface area (Å²) in [6.07, 6.45) is -3.67. The van der Waals surface area contributed by atoms with Gasteiger partial charge in [0.05, 0.1) is 18.1 Å². The van der Waals surface area contributed by atoms with Crippen LogP contribution in [0.5, 0.6) is 0 Å². The van der Waals surface area contributed by atoms with E-state index < -0.39 is 36.0 Å². The fourth-order valence-electron chi connectivity index (χ4n) is 2.71. The number of ether oxygens (including phenoxy) is 2. The zero-order valence-corrected chi connectivity index (χ0v) is 17.4. The molecule has 1 unspecified atom stereocenters. The molecule has 0 aliphatic carbocycles. The highest BCUT2D eigenvalue weighted by Crippen LogP contribution is 2.30. The number of aromatic nitrogens is 2. The number of hydrogen-bond donors (Lipinski definition) is 1. The molecule has 31 heavy (non-hydrogen) atoms. The number of nitrogens with one attached hydrogen (secondary N) is 1. The maximum absolute atomic E-state index is 12.8.